The fourth-order valence-corrected chi connectivity index (χ4v) is 5.30. The summed E-state index contributed by atoms with van der Waals surface area (Å²) < 4.78 is 6.98. The molecule has 0 radical (unpaired) electrons. The number of anilines is 1. The third kappa shape index (κ3) is 2.78. The lowest BCUT2D eigenvalue weighted by Gasteiger charge is -2.46. The molecule has 162 valence electrons. The average molecular weight is 431 g/mol. The second-order valence-corrected chi connectivity index (χ2v) is 9.36. The Morgan fingerprint density at radius 2 is 1.67 bits per heavy atom. The Hall–Kier alpha value is -3.85. The van der Waals surface area contributed by atoms with Crippen LogP contribution in [0.2, 0.25) is 0 Å². The van der Waals surface area contributed by atoms with Crippen LogP contribution in [-0.2, 0) is 12.0 Å². The number of benzene rings is 4. The van der Waals surface area contributed by atoms with E-state index in [1.807, 2.05) is 12.3 Å². The number of aliphatic imine (C=N–C) groups is 1. The quantitative estimate of drug-likeness (QED) is 0.341. The molecule has 0 fully saturated rings. The zero-order chi connectivity index (χ0) is 22.6. The minimum Gasteiger partial charge on any atom is -0.459 e. The summed E-state index contributed by atoms with van der Waals surface area (Å²) in [5.41, 5.74) is 4.65. The van der Waals surface area contributed by atoms with Crippen molar-refractivity contribution in [1.29, 1.82) is 0 Å². The number of hydrogen-bond acceptors (Lipinski definition) is 3. The Kier molecular flexibility index (Phi) is 4.25. The molecule has 0 bridgehead atoms. The number of hydrogen-bond donors (Lipinski definition) is 0. The molecule has 1 spiro atoms. The second kappa shape index (κ2) is 7.08. The molecule has 2 aliphatic heterocycles. The van der Waals surface area contributed by atoms with Crippen molar-refractivity contribution < 1.29 is 4.74 Å². The number of fused-ring (bicyclic) bond motifs is 4. The zero-order valence-corrected chi connectivity index (χ0v) is 19.0. The smallest absolute Gasteiger partial charge is 0.229 e. The number of para-hydroxylation sites is 1. The van der Waals surface area contributed by atoms with Gasteiger partial charge in [-0.25, -0.2) is 0 Å². The molecule has 33 heavy (non-hydrogen) atoms. The van der Waals surface area contributed by atoms with Crippen LogP contribution in [0.15, 0.2) is 96.5 Å². The number of ether oxygens (including phenoxy) is 1. The predicted molar refractivity (Wildman–Crippen MR) is 138 cm³/mol. The lowest BCUT2D eigenvalue weighted by Crippen LogP contribution is -2.61. The van der Waals surface area contributed by atoms with Crippen LogP contribution in [0.3, 0.4) is 0 Å². The van der Waals surface area contributed by atoms with Gasteiger partial charge in [-0.15, -0.1) is 0 Å². The van der Waals surface area contributed by atoms with Crippen molar-refractivity contribution in [2.24, 2.45) is 4.99 Å². The second-order valence-electron chi connectivity index (χ2n) is 9.36. The molecule has 0 saturated carbocycles. The average Bonchev–Trinajstić information content (AvgIpc) is 3.03. The fraction of sp³-hybridized carbons (Fsp3) is 0.167. The summed E-state index contributed by atoms with van der Waals surface area (Å²) in [7, 11) is 0. The molecule has 3 nitrogen and oxygen atoms in total. The molecule has 0 aromatic heterocycles. The lowest BCUT2D eigenvalue weighted by atomic mass is 9.77. The standard InChI is InChI=1S/C30H26N2O/c1-4-21-13-15-22(16-14-21)19-32-26-12-8-7-11-25(26)29(2,3)30(32)20-31-28-24-10-6-5-9-23(24)17-18-27(28)33-30/h4-18,20H,1,19H2,2-3H3. The van der Waals surface area contributed by atoms with E-state index in [1.54, 1.807) is 0 Å². The van der Waals surface area contributed by atoms with Gasteiger partial charge >= 0.3 is 0 Å². The van der Waals surface area contributed by atoms with E-state index >= 15 is 0 Å². The predicted octanol–water partition coefficient (Wildman–Crippen LogP) is 7.27. The van der Waals surface area contributed by atoms with Gasteiger partial charge in [0.05, 0.1) is 11.6 Å². The van der Waals surface area contributed by atoms with Crippen LogP contribution in [0.25, 0.3) is 16.8 Å². The van der Waals surface area contributed by atoms with Gasteiger partial charge in [0.1, 0.15) is 11.4 Å². The third-order valence-corrected chi connectivity index (χ3v) is 7.22. The summed E-state index contributed by atoms with van der Waals surface area (Å²) in [5, 5.41) is 2.28. The molecular formula is C30H26N2O. The van der Waals surface area contributed by atoms with Gasteiger partial charge in [-0.05, 0) is 48.1 Å². The molecule has 0 N–H and O–H groups in total. The Morgan fingerprint density at radius 1 is 0.909 bits per heavy atom. The highest BCUT2D eigenvalue weighted by Crippen LogP contribution is 2.55. The van der Waals surface area contributed by atoms with Crippen LogP contribution < -0.4 is 9.64 Å². The van der Waals surface area contributed by atoms with E-state index < -0.39 is 5.72 Å². The van der Waals surface area contributed by atoms with Gasteiger partial charge in [-0.3, -0.25) is 4.99 Å². The van der Waals surface area contributed by atoms with Gasteiger partial charge < -0.3 is 9.64 Å². The first-order valence-electron chi connectivity index (χ1n) is 11.4. The topological polar surface area (TPSA) is 24.8 Å². The van der Waals surface area contributed by atoms with Crippen molar-refractivity contribution in [2.75, 3.05) is 4.90 Å². The Balaban J connectivity index is 1.51. The van der Waals surface area contributed by atoms with E-state index in [9.17, 15) is 0 Å². The van der Waals surface area contributed by atoms with Gasteiger partial charge in [-0.2, -0.15) is 0 Å². The number of nitrogens with zero attached hydrogens (tertiary/aromatic N) is 2. The monoisotopic (exact) mass is 430 g/mol. The number of rotatable bonds is 3. The third-order valence-electron chi connectivity index (χ3n) is 7.22. The van der Waals surface area contributed by atoms with Crippen molar-refractivity contribution in [1.82, 2.24) is 0 Å². The largest absolute Gasteiger partial charge is 0.459 e. The van der Waals surface area contributed by atoms with Gasteiger partial charge in [0.15, 0.2) is 0 Å². The SMILES string of the molecule is C=Cc1ccc(CN2c3ccccc3C(C)(C)C23C=Nc2c(ccc4ccccc24)O3)cc1. The first-order valence-corrected chi connectivity index (χ1v) is 11.4. The highest BCUT2D eigenvalue weighted by Gasteiger charge is 2.59. The highest BCUT2D eigenvalue weighted by atomic mass is 16.5. The van der Waals surface area contributed by atoms with Gasteiger partial charge in [-0.1, -0.05) is 85.5 Å². The van der Waals surface area contributed by atoms with Crippen molar-refractivity contribution in [3.05, 3.63) is 108 Å². The highest BCUT2D eigenvalue weighted by molar-refractivity contribution is 5.99. The minimum absolute atomic E-state index is 0.308. The minimum atomic E-state index is -0.733. The first-order chi connectivity index (χ1) is 16.0. The van der Waals surface area contributed by atoms with Gasteiger partial charge in [0.2, 0.25) is 5.72 Å². The molecule has 2 heterocycles. The molecule has 2 aliphatic rings. The van der Waals surface area contributed by atoms with Gasteiger partial charge in [0.25, 0.3) is 0 Å². The van der Waals surface area contributed by atoms with Crippen LogP contribution >= 0.6 is 0 Å². The van der Waals surface area contributed by atoms with E-state index in [0.29, 0.717) is 6.54 Å². The fourth-order valence-electron chi connectivity index (χ4n) is 5.30. The molecule has 0 saturated heterocycles. The summed E-state index contributed by atoms with van der Waals surface area (Å²) in [6, 6.07) is 29.7. The Labute approximate surface area is 194 Å². The van der Waals surface area contributed by atoms with Crippen molar-refractivity contribution >= 4 is 34.4 Å². The molecular weight excluding hydrogens is 404 g/mol. The van der Waals surface area contributed by atoms with E-state index in [4.69, 9.17) is 9.73 Å². The molecule has 1 atom stereocenters. The van der Waals surface area contributed by atoms with Crippen molar-refractivity contribution in [3.8, 4) is 5.75 Å². The molecule has 0 amide bonds. The summed E-state index contributed by atoms with van der Waals surface area (Å²) in [4.78, 5) is 7.42. The molecule has 1 unspecified atom stereocenters. The normalized spacial score (nSPS) is 19.9. The van der Waals surface area contributed by atoms with Crippen molar-refractivity contribution in [3.63, 3.8) is 0 Å². The van der Waals surface area contributed by atoms with Crippen LogP contribution in [0, 0.1) is 0 Å². The summed E-state index contributed by atoms with van der Waals surface area (Å²) in [6.45, 7) is 9.10. The Bertz CT molecular complexity index is 1420. The van der Waals surface area contributed by atoms with Gasteiger partial charge in [0, 0.05) is 17.6 Å². The van der Waals surface area contributed by atoms with E-state index in [0.717, 1.165) is 22.4 Å². The maximum absolute atomic E-state index is 6.98. The summed E-state index contributed by atoms with van der Waals surface area (Å²) in [6.07, 6.45) is 3.90. The van der Waals surface area contributed by atoms with Crippen LogP contribution in [0.1, 0.15) is 30.5 Å². The lowest BCUT2D eigenvalue weighted by molar-refractivity contribution is 0.0764. The van der Waals surface area contributed by atoms with Crippen LogP contribution in [0.4, 0.5) is 11.4 Å². The molecule has 4 aromatic rings. The van der Waals surface area contributed by atoms with E-state index in [2.05, 4.69) is 110 Å². The van der Waals surface area contributed by atoms with Crippen molar-refractivity contribution in [2.45, 2.75) is 31.5 Å². The van der Waals surface area contributed by atoms with E-state index in [-0.39, 0.29) is 5.41 Å². The maximum atomic E-state index is 6.98. The summed E-state index contributed by atoms with van der Waals surface area (Å²) >= 11 is 0. The van der Waals surface area contributed by atoms with Crippen LogP contribution in [0.5, 0.6) is 5.75 Å². The first kappa shape index (κ1) is 19.8. The summed E-state index contributed by atoms with van der Waals surface area (Å²) in [5.74, 6) is 0.823. The van der Waals surface area contributed by atoms with Crippen LogP contribution in [-0.4, -0.2) is 11.9 Å². The molecule has 6 rings (SSSR count). The molecule has 4 aromatic carbocycles. The molecule has 3 heteroatoms. The zero-order valence-electron chi connectivity index (χ0n) is 19.0. The Morgan fingerprint density at radius 3 is 2.48 bits per heavy atom. The maximum Gasteiger partial charge on any atom is 0.229 e. The molecule has 0 aliphatic carbocycles. The van der Waals surface area contributed by atoms with E-state index in [1.165, 1.54) is 22.2 Å².